The van der Waals surface area contributed by atoms with E-state index < -0.39 is 0 Å². The Balaban J connectivity index is 2.09. The Morgan fingerprint density at radius 2 is 2.18 bits per heavy atom. The van der Waals surface area contributed by atoms with Crippen LogP contribution in [0.2, 0.25) is 0 Å². The highest BCUT2D eigenvalue weighted by Crippen LogP contribution is 2.11. The smallest absolute Gasteiger partial charge is 0.274 e. The van der Waals surface area contributed by atoms with E-state index in [2.05, 4.69) is 15.2 Å². The van der Waals surface area contributed by atoms with Crippen molar-refractivity contribution >= 4 is 11.6 Å². The molecule has 0 fully saturated rings. The van der Waals surface area contributed by atoms with Crippen molar-refractivity contribution in [1.82, 2.24) is 20.1 Å². The fourth-order valence-corrected chi connectivity index (χ4v) is 1.49. The average molecular weight is 231 g/mol. The minimum atomic E-state index is -0.184. The molecule has 0 saturated carbocycles. The summed E-state index contributed by atoms with van der Waals surface area (Å²) < 4.78 is 0. The van der Waals surface area contributed by atoms with E-state index in [1.54, 1.807) is 24.3 Å². The highest BCUT2D eigenvalue weighted by molar-refractivity contribution is 5.96. The first-order valence-electron chi connectivity index (χ1n) is 5.11. The van der Waals surface area contributed by atoms with Crippen molar-refractivity contribution in [1.29, 1.82) is 0 Å². The average Bonchev–Trinajstić information content (AvgIpc) is 2.76. The van der Waals surface area contributed by atoms with E-state index in [0.717, 1.165) is 5.56 Å². The molecule has 0 aliphatic heterocycles. The van der Waals surface area contributed by atoms with Gasteiger partial charge in [-0.2, -0.15) is 5.10 Å². The van der Waals surface area contributed by atoms with Gasteiger partial charge < -0.3 is 10.6 Å². The molecular weight excluding hydrogens is 218 g/mol. The van der Waals surface area contributed by atoms with Gasteiger partial charge in [-0.05, 0) is 17.7 Å². The highest BCUT2D eigenvalue weighted by atomic mass is 16.2. The summed E-state index contributed by atoms with van der Waals surface area (Å²) >= 11 is 0. The van der Waals surface area contributed by atoms with E-state index in [4.69, 9.17) is 5.73 Å². The molecule has 2 heterocycles. The van der Waals surface area contributed by atoms with Crippen molar-refractivity contribution < 1.29 is 4.79 Å². The number of nitrogens with one attached hydrogen (secondary N) is 1. The number of hydrogen-bond acceptors (Lipinski definition) is 4. The molecule has 17 heavy (non-hydrogen) atoms. The zero-order valence-electron chi connectivity index (χ0n) is 9.42. The molecule has 0 aromatic carbocycles. The number of nitrogens with two attached hydrogens (primary N) is 1. The Bertz CT molecular complexity index is 508. The van der Waals surface area contributed by atoms with Gasteiger partial charge in [-0.1, -0.05) is 0 Å². The summed E-state index contributed by atoms with van der Waals surface area (Å²) in [7, 11) is 1.71. The van der Waals surface area contributed by atoms with Crippen LogP contribution in [0.1, 0.15) is 16.1 Å². The highest BCUT2D eigenvalue weighted by Gasteiger charge is 2.16. The second-order valence-corrected chi connectivity index (χ2v) is 3.72. The van der Waals surface area contributed by atoms with Crippen LogP contribution in [0.3, 0.4) is 0 Å². The maximum Gasteiger partial charge on any atom is 0.274 e. The zero-order chi connectivity index (χ0) is 12.3. The molecule has 3 N–H and O–H groups in total. The van der Waals surface area contributed by atoms with Crippen LogP contribution >= 0.6 is 0 Å². The predicted molar refractivity (Wildman–Crippen MR) is 63.0 cm³/mol. The van der Waals surface area contributed by atoms with Gasteiger partial charge in [0.25, 0.3) is 5.91 Å². The molecular formula is C11H13N5O. The van der Waals surface area contributed by atoms with E-state index in [1.165, 1.54) is 6.20 Å². The summed E-state index contributed by atoms with van der Waals surface area (Å²) in [6.45, 7) is 0.500. The van der Waals surface area contributed by atoms with Gasteiger partial charge in [-0.15, -0.1) is 0 Å². The maximum absolute atomic E-state index is 12.0. The second-order valence-electron chi connectivity index (χ2n) is 3.72. The lowest BCUT2D eigenvalue weighted by Gasteiger charge is -2.16. The first kappa shape index (κ1) is 11.1. The summed E-state index contributed by atoms with van der Waals surface area (Å²) in [6.07, 6.45) is 4.81. The number of hydrogen-bond donors (Lipinski definition) is 2. The Morgan fingerprint density at radius 1 is 1.47 bits per heavy atom. The van der Waals surface area contributed by atoms with E-state index in [1.807, 2.05) is 12.1 Å². The molecule has 0 radical (unpaired) electrons. The molecule has 88 valence electrons. The number of pyridine rings is 1. The third-order valence-electron chi connectivity index (χ3n) is 2.40. The van der Waals surface area contributed by atoms with E-state index in [0.29, 0.717) is 17.9 Å². The summed E-state index contributed by atoms with van der Waals surface area (Å²) in [6, 6.07) is 3.72. The predicted octanol–water partition coefficient (Wildman–Crippen LogP) is 0.659. The molecule has 2 aromatic heterocycles. The van der Waals surface area contributed by atoms with E-state index in [9.17, 15) is 4.79 Å². The number of aromatic amines is 1. The monoisotopic (exact) mass is 231 g/mol. The van der Waals surface area contributed by atoms with Crippen LogP contribution in [0.5, 0.6) is 0 Å². The number of rotatable bonds is 3. The number of carbonyl (C=O) groups is 1. The van der Waals surface area contributed by atoms with E-state index in [-0.39, 0.29) is 5.91 Å². The number of amides is 1. The standard InChI is InChI=1S/C11H13N5O/c1-16(7-8-2-4-13-5-3-8)11(17)10-9(12)6-14-15-10/h2-6H,7,12H2,1H3,(H,14,15). The summed E-state index contributed by atoms with van der Waals surface area (Å²) in [5.41, 5.74) is 7.31. The lowest BCUT2D eigenvalue weighted by molar-refractivity contribution is 0.0780. The Hall–Kier alpha value is -2.37. The Kier molecular flexibility index (Phi) is 3.04. The Morgan fingerprint density at radius 3 is 2.76 bits per heavy atom. The van der Waals surface area contributed by atoms with Crippen molar-refractivity contribution in [2.75, 3.05) is 12.8 Å². The lowest BCUT2D eigenvalue weighted by Crippen LogP contribution is -2.27. The van der Waals surface area contributed by atoms with Gasteiger partial charge in [-0.3, -0.25) is 14.9 Å². The van der Waals surface area contributed by atoms with Crippen LogP contribution in [-0.4, -0.2) is 33.0 Å². The fraction of sp³-hybridized carbons (Fsp3) is 0.182. The molecule has 2 rings (SSSR count). The van der Waals surface area contributed by atoms with Gasteiger partial charge >= 0.3 is 0 Å². The summed E-state index contributed by atoms with van der Waals surface area (Å²) in [5.74, 6) is -0.184. The van der Waals surface area contributed by atoms with Crippen LogP contribution in [0.15, 0.2) is 30.7 Å². The lowest BCUT2D eigenvalue weighted by atomic mass is 10.2. The minimum absolute atomic E-state index is 0.184. The number of carbonyl (C=O) groups excluding carboxylic acids is 1. The largest absolute Gasteiger partial charge is 0.396 e. The summed E-state index contributed by atoms with van der Waals surface area (Å²) in [5, 5.41) is 6.32. The molecule has 0 saturated heterocycles. The molecule has 6 nitrogen and oxygen atoms in total. The van der Waals surface area contributed by atoms with Crippen molar-refractivity contribution in [3.8, 4) is 0 Å². The van der Waals surface area contributed by atoms with Gasteiger partial charge in [0.2, 0.25) is 0 Å². The number of nitrogen functional groups attached to an aromatic ring is 1. The minimum Gasteiger partial charge on any atom is -0.396 e. The molecule has 0 spiro atoms. The third kappa shape index (κ3) is 2.41. The number of anilines is 1. The molecule has 6 heteroatoms. The number of aromatic nitrogens is 3. The topological polar surface area (TPSA) is 87.9 Å². The second kappa shape index (κ2) is 4.65. The fourth-order valence-electron chi connectivity index (χ4n) is 1.49. The molecule has 0 unspecified atom stereocenters. The van der Waals surface area contributed by atoms with Gasteiger partial charge in [0.05, 0.1) is 11.9 Å². The van der Waals surface area contributed by atoms with Crippen molar-refractivity contribution in [3.05, 3.63) is 42.0 Å². The van der Waals surface area contributed by atoms with Crippen molar-refractivity contribution in [2.24, 2.45) is 0 Å². The number of nitrogens with zero attached hydrogens (tertiary/aromatic N) is 3. The SMILES string of the molecule is CN(Cc1ccncc1)C(=O)c1[nH]ncc1N. The molecule has 1 amide bonds. The third-order valence-corrected chi connectivity index (χ3v) is 2.40. The van der Waals surface area contributed by atoms with Crippen molar-refractivity contribution in [2.45, 2.75) is 6.54 Å². The van der Waals surface area contributed by atoms with Crippen LogP contribution in [0, 0.1) is 0 Å². The van der Waals surface area contributed by atoms with Crippen LogP contribution < -0.4 is 5.73 Å². The van der Waals surface area contributed by atoms with Crippen LogP contribution in [0.4, 0.5) is 5.69 Å². The van der Waals surface area contributed by atoms with Gasteiger partial charge in [-0.25, -0.2) is 0 Å². The summed E-state index contributed by atoms with van der Waals surface area (Å²) in [4.78, 5) is 17.5. The quantitative estimate of drug-likeness (QED) is 0.812. The Labute approximate surface area is 98.5 Å². The molecule has 0 aliphatic carbocycles. The maximum atomic E-state index is 12.0. The first-order valence-corrected chi connectivity index (χ1v) is 5.11. The molecule has 0 aliphatic rings. The van der Waals surface area contributed by atoms with E-state index >= 15 is 0 Å². The van der Waals surface area contributed by atoms with Crippen LogP contribution in [0.25, 0.3) is 0 Å². The normalized spacial score (nSPS) is 10.2. The number of H-pyrrole nitrogens is 1. The van der Waals surface area contributed by atoms with Crippen molar-refractivity contribution in [3.63, 3.8) is 0 Å². The van der Waals surface area contributed by atoms with Crippen LogP contribution in [-0.2, 0) is 6.54 Å². The molecule has 0 atom stereocenters. The molecule has 2 aromatic rings. The molecule has 0 bridgehead atoms. The van der Waals surface area contributed by atoms with Gasteiger partial charge in [0.1, 0.15) is 5.69 Å². The van der Waals surface area contributed by atoms with Gasteiger partial charge in [0, 0.05) is 26.0 Å². The first-order chi connectivity index (χ1) is 8.18. The van der Waals surface area contributed by atoms with Gasteiger partial charge in [0.15, 0.2) is 0 Å². The zero-order valence-corrected chi connectivity index (χ0v) is 9.42.